The number of phenolic OH excluding ortho intramolecular Hbond substituents is 1. The molecule has 0 aliphatic heterocycles. The van der Waals surface area contributed by atoms with Crippen LogP contribution in [0, 0.1) is 11.3 Å². The Labute approximate surface area is 141 Å². The Balaban J connectivity index is 2.45. The van der Waals surface area contributed by atoms with Crippen LogP contribution in [-0.4, -0.2) is 13.5 Å². The van der Waals surface area contributed by atoms with Gasteiger partial charge in [0.05, 0.1) is 21.3 Å². The van der Waals surface area contributed by atoms with E-state index in [-0.39, 0.29) is 26.3 Å². The lowest BCUT2D eigenvalue weighted by Gasteiger charge is -2.11. The maximum absolute atomic E-state index is 12.3. The Morgan fingerprint density at radius 3 is 2.36 bits per heavy atom. The van der Waals surface area contributed by atoms with Crippen LogP contribution >= 0.6 is 34.8 Å². The number of hydrogen-bond acceptors (Lipinski definition) is 4. The lowest BCUT2D eigenvalue weighted by Crippen LogP contribution is -2.13. The molecule has 0 heterocycles. The van der Waals surface area contributed by atoms with E-state index in [1.807, 2.05) is 6.07 Å². The van der Waals surface area contributed by atoms with Crippen LogP contribution in [0.2, 0.25) is 15.1 Å². The number of nitrogens with zero attached hydrogens (tertiary/aromatic N) is 1. The van der Waals surface area contributed by atoms with Gasteiger partial charge in [-0.1, -0.05) is 34.8 Å². The molecule has 114 valence electrons. The summed E-state index contributed by atoms with van der Waals surface area (Å²) >= 11 is 17.3. The topological polar surface area (TPSA) is 90.2 Å². The van der Waals surface area contributed by atoms with Crippen molar-refractivity contribution in [1.29, 1.82) is 5.26 Å². The summed E-state index contributed by atoms with van der Waals surface area (Å²) in [5, 5.41) is 18.5. The van der Waals surface area contributed by atoms with Crippen molar-refractivity contribution >= 4 is 50.5 Å². The number of nitriles is 1. The summed E-state index contributed by atoms with van der Waals surface area (Å²) in [6, 6.07) is 8.15. The van der Waals surface area contributed by atoms with Gasteiger partial charge in [0.15, 0.2) is 5.75 Å². The fourth-order valence-electron chi connectivity index (χ4n) is 1.63. The second kappa shape index (κ2) is 6.23. The minimum Gasteiger partial charge on any atom is -0.505 e. The zero-order valence-corrected chi connectivity index (χ0v) is 13.7. The van der Waals surface area contributed by atoms with Crippen molar-refractivity contribution in [3.8, 4) is 11.8 Å². The zero-order valence-electron chi connectivity index (χ0n) is 10.6. The molecule has 0 saturated carbocycles. The molecule has 0 aliphatic carbocycles. The van der Waals surface area contributed by atoms with E-state index in [1.54, 1.807) is 0 Å². The highest BCUT2D eigenvalue weighted by atomic mass is 35.5. The lowest BCUT2D eigenvalue weighted by molar-refractivity contribution is 0.459. The van der Waals surface area contributed by atoms with Gasteiger partial charge in [0, 0.05) is 5.02 Å². The molecule has 0 aromatic heterocycles. The van der Waals surface area contributed by atoms with Crippen molar-refractivity contribution in [2.24, 2.45) is 0 Å². The first-order valence-electron chi connectivity index (χ1n) is 5.65. The van der Waals surface area contributed by atoms with Crippen LogP contribution < -0.4 is 4.72 Å². The van der Waals surface area contributed by atoms with Crippen LogP contribution in [0.1, 0.15) is 5.56 Å². The van der Waals surface area contributed by atoms with Gasteiger partial charge in [-0.25, -0.2) is 8.42 Å². The predicted octanol–water partition coefficient (Wildman–Crippen LogP) is 4.02. The van der Waals surface area contributed by atoms with Crippen molar-refractivity contribution in [1.82, 2.24) is 0 Å². The van der Waals surface area contributed by atoms with Gasteiger partial charge < -0.3 is 5.11 Å². The third-order valence-electron chi connectivity index (χ3n) is 2.62. The second-order valence-corrected chi connectivity index (χ2v) is 7.05. The molecule has 2 aromatic rings. The van der Waals surface area contributed by atoms with Crippen molar-refractivity contribution in [2.45, 2.75) is 4.90 Å². The smallest absolute Gasteiger partial charge is 0.265 e. The number of rotatable bonds is 3. The van der Waals surface area contributed by atoms with E-state index in [2.05, 4.69) is 4.72 Å². The van der Waals surface area contributed by atoms with Gasteiger partial charge in [0.25, 0.3) is 10.0 Å². The quantitative estimate of drug-likeness (QED) is 0.845. The van der Waals surface area contributed by atoms with Gasteiger partial charge in [0.2, 0.25) is 0 Å². The summed E-state index contributed by atoms with van der Waals surface area (Å²) in [5.41, 5.74) is 0.331. The van der Waals surface area contributed by atoms with Gasteiger partial charge in [-0.3, -0.25) is 4.72 Å². The average Bonchev–Trinajstić information content (AvgIpc) is 2.42. The SMILES string of the molecule is N#Cc1ccc(NS(=O)(=O)c2cc(Cl)cc(Cl)c2O)cc1Cl. The monoisotopic (exact) mass is 376 g/mol. The van der Waals surface area contributed by atoms with Crippen molar-refractivity contribution in [2.75, 3.05) is 4.72 Å². The molecule has 0 radical (unpaired) electrons. The Bertz CT molecular complexity index is 892. The molecule has 9 heteroatoms. The van der Waals surface area contributed by atoms with Crippen LogP contribution in [0.15, 0.2) is 35.2 Å². The van der Waals surface area contributed by atoms with Gasteiger partial charge in [-0.05, 0) is 30.3 Å². The highest BCUT2D eigenvalue weighted by Gasteiger charge is 2.22. The molecular weight excluding hydrogens is 371 g/mol. The lowest BCUT2D eigenvalue weighted by atomic mass is 10.2. The first-order valence-corrected chi connectivity index (χ1v) is 8.27. The minimum absolute atomic E-state index is 0.0565. The highest BCUT2D eigenvalue weighted by Crippen LogP contribution is 2.35. The number of hydrogen-bond donors (Lipinski definition) is 2. The van der Waals surface area contributed by atoms with Gasteiger partial charge in [-0.2, -0.15) is 5.26 Å². The van der Waals surface area contributed by atoms with Crippen LogP contribution in [0.5, 0.6) is 5.75 Å². The zero-order chi connectivity index (χ0) is 16.5. The highest BCUT2D eigenvalue weighted by molar-refractivity contribution is 7.92. The first-order chi connectivity index (χ1) is 10.2. The standard InChI is InChI=1S/C13H7Cl3N2O3S/c14-8-3-11(16)13(19)12(4-8)22(20,21)18-9-2-1-7(6-17)10(15)5-9/h1-5,18-19H. The molecule has 0 spiro atoms. The molecule has 2 rings (SSSR count). The van der Waals surface area contributed by atoms with E-state index < -0.39 is 20.7 Å². The second-order valence-electron chi connectivity index (χ2n) is 4.15. The van der Waals surface area contributed by atoms with Crippen molar-refractivity contribution in [3.05, 3.63) is 51.0 Å². The van der Waals surface area contributed by atoms with E-state index >= 15 is 0 Å². The van der Waals surface area contributed by atoms with E-state index in [9.17, 15) is 13.5 Å². The summed E-state index contributed by atoms with van der Waals surface area (Å²) in [4.78, 5) is -0.467. The Hall–Kier alpha value is -1.65. The van der Waals surface area contributed by atoms with E-state index in [0.29, 0.717) is 0 Å². The summed E-state index contributed by atoms with van der Waals surface area (Å²) in [7, 11) is -4.14. The van der Waals surface area contributed by atoms with Crippen molar-refractivity contribution < 1.29 is 13.5 Å². The number of phenols is 1. The fraction of sp³-hybridized carbons (Fsp3) is 0. The van der Waals surface area contributed by atoms with Gasteiger partial charge in [-0.15, -0.1) is 0 Å². The Morgan fingerprint density at radius 1 is 1.09 bits per heavy atom. The number of benzene rings is 2. The molecule has 5 nitrogen and oxygen atoms in total. The molecule has 0 bridgehead atoms. The number of sulfonamides is 1. The molecule has 0 fully saturated rings. The first kappa shape index (κ1) is 16.7. The van der Waals surface area contributed by atoms with Crippen LogP contribution in [0.4, 0.5) is 5.69 Å². The van der Waals surface area contributed by atoms with E-state index in [0.717, 1.165) is 6.07 Å². The third kappa shape index (κ3) is 3.39. The molecule has 0 aliphatic rings. The number of anilines is 1. The molecule has 0 amide bonds. The summed E-state index contributed by atoms with van der Waals surface area (Å²) < 4.78 is 26.8. The van der Waals surface area contributed by atoms with E-state index in [4.69, 9.17) is 40.1 Å². The van der Waals surface area contributed by atoms with Gasteiger partial charge in [0.1, 0.15) is 11.0 Å². The number of halogens is 3. The predicted molar refractivity (Wildman–Crippen MR) is 85.1 cm³/mol. The molecule has 0 unspecified atom stereocenters. The van der Waals surface area contributed by atoms with Gasteiger partial charge >= 0.3 is 0 Å². The van der Waals surface area contributed by atoms with E-state index in [1.165, 1.54) is 24.3 Å². The Kier molecular flexibility index (Phi) is 4.73. The van der Waals surface area contributed by atoms with Crippen LogP contribution in [-0.2, 0) is 10.0 Å². The molecule has 2 N–H and O–H groups in total. The summed E-state index contributed by atoms with van der Waals surface area (Å²) in [6.07, 6.45) is 0. The summed E-state index contributed by atoms with van der Waals surface area (Å²) in [5.74, 6) is -0.613. The molecule has 22 heavy (non-hydrogen) atoms. The third-order valence-corrected chi connectivity index (χ3v) is 4.84. The Morgan fingerprint density at radius 2 is 1.77 bits per heavy atom. The minimum atomic E-state index is -4.14. The normalized spacial score (nSPS) is 11.0. The molecular formula is C13H7Cl3N2O3S. The molecule has 0 saturated heterocycles. The summed E-state index contributed by atoms with van der Waals surface area (Å²) in [6.45, 7) is 0. The average molecular weight is 378 g/mol. The van der Waals surface area contributed by atoms with Crippen molar-refractivity contribution in [3.63, 3.8) is 0 Å². The number of aromatic hydroxyl groups is 1. The maximum Gasteiger partial charge on any atom is 0.265 e. The maximum atomic E-state index is 12.3. The van der Waals surface area contributed by atoms with Crippen LogP contribution in [0.25, 0.3) is 0 Å². The van der Waals surface area contributed by atoms with Crippen LogP contribution in [0.3, 0.4) is 0 Å². The number of nitrogens with one attached hydrogen (secondary N) is 1. The fourth-order valence-corrected chi connectivity index (χ4v) is 3.66. The molecule has 0 atom stereocenters. The molecule has 2 aromatic carbocycles. The largest absolute Gasteiger partial charge is 0.505 e.